The highest BCUT2D eigenvalue weighted by Crippen LogP contribution is 2.26. The van der Waals surface area contributed by atoms with E-state index in [9.17, 15) is 9.59 Å². The summed E-state index contributed by atoms with van der Waals surface area (Å²) in [6.45, 7) is 0.0610. The molecule has 0 atom stereocenters. The maximum atomic E-state index is 11.7. The van der Waals surface area contributed by atoms with E-state index in [1.165, 1.54) is 0 Å². The minimum absolute atomic E-state index is 0.132. The third-order valence-electron chi connectivity index (χ3n) is 3.60. The van der Waals surface area contributed by atoms with E-state index in [2.05, 4.69) is 0 Å². The van der Waals surface area contributed by atoms with Crippen LogP contribution in [0, 0.1) is 0 Å². The Hall–Kier alpha value is -2.62. The van der Waals surface area contributed by atoms with E-state index >= 15 is 0 Å². The van der Waals surface area contributed by atoms with E-state index in [4.69, 9.17) is 9.47 Å². The van der Waals surface area contributed by atoms with E-state index in [1.54, 1.807) is 12.1 Å². The van der Waals surface area contributed by atoms with Crippen molar-refractivity contribution in [2.75, 3.05) is 6.61 Å². The first-order chi connectivity index (χ1) is 10.7. The molecule has 0 bridgehead atoms. The van der Waals surface area contributed by atoms with E-state index < -0.39 is 5.97 Å². The molecule has 2 aromatic carbocycles. The molecule has 0 N–H and O–H groups in total. The van der Waals surface area contributed by atoms with Crippen molar-refractivity contribution in [1.82, 2.24) is 0 Å². The van der Waals surface area contributed by atoms with Crippen molar-refractivity contribution in [3.05, 3.63) is 65.2 Å². The summed E-state index contributed by atoms with van der Waals surface area (Å²) in [5, 5.41) is 0. The van der Waals surface area contributed by atoms with Crippen molar-refractivity contribution >= 4 is 11.8 Å². The fourth-order valence-corrected chi connectivity index (χ4v) is 2.43. The molecule has 2 aromatic rings. The van der Waals surface area contributed by atoms with Crippen molar-refractivity contribution < 1.29 is 19.1 Å². The predicted octanol–water partition coefficient (Wildman–Crippen LogP) is 2.94. The van der Waals surface area contributed by atoms with Crippen LogP contribution in [0.15, 0.2) is 48.5 Å². The maximum Gasteiger partial charge on any atom is 0.344 e. The number of carbonyl (C=O) groups excluding carboxylic acids is 2. The van der Waals surface area contributed by atoms with Crippen molar-refractivity contribution in [2.24, 2.45) is 0 Å². The summed E-state index contributed by atoms with van der Waals surface area (Å²) in [5.74, 6) is 0.216. The van der Waals surface area contributed by atoms with Crippen LogP contribution in [0.25, 0.3) is 0 Å². The predicted molar refractivity (Wildman–Crippen MR) is 80.8 cm³/mol. The highest BCUT2D eigenvalue weighted by molar-refractivity contribution is 6.00. The zero-order valence-corrected chi connectivity index (χ0v) is 12.1. The lowest BCUT2D eigenvalue weighted by molar-refractivity contribution is -0.147. The Morgan fingerprint density at radius 3 is 2.68 bits per heavy atom. The monoisotopic (exact) mass is 296 g/mol. The summed E-state index contributed by atoms with van der Waals surface area (Å²) >= 11 is 0. The molecule has 3 rings (SSSR count). The van der Waals surface area contributed by atoms with Crippen LogP contribution in [0.1, 0.15) is 27.9 Å². The Morgan fingerprint density at radius 2 is 1.86 bits per heavy atom. The molecule has 0 saturated carbocycles. The topological polar surface area (TPSA) is 52.6 Å². The van der Waals surface area contributed by atoms with Crippen LogP contribution in [0.5, 0.6) is 5.75 Å². The number of aryl methyl sites for hydroxylation is 1. The summed E-state index contributed by atoms with van der Waals surface area (Å²) in [6, 6.07) is 14.8. The normalized spacial score (nSPS) is 12.8. The Balaban J connectivity index is 1.51. The molecule has 0 aliphatic heterocycles. The zero-order valence-electron chi connectivity index (χ0n) is 12.1. The molecule has 0 fully saturated rings. The van der Waals surface area contributed by atoms with E-state index in [1.807, 2.05) is 36.4 Å². The number of Topliss-reactive ketones (excluding diaryl/α,β-unsaturated/α-hetero) is 1. The van der Waals surface area contributed by atoms with Gasteiger partial charge >= 0.3 is 5.97 Å². The van der Waals surface area contributed by atoms with Gasteiger partial charge in [-0.15, -0.1) is 0 Å². The van der Waals surface area contributed by atoms with E-state index in [0.717, 1.165) is 17.5 Å². The van der Waals surface area contributed by atoms with Crippen LogP contribution >= 0.6 is 0 Å². The molecule has 0 spiro atoms. The van der Waals surface area contributed by atoms with Gasteiger partial charge in [-0.25, -0.2) is 4.79 Å². The van der Waals surface area contributed by atoms with Crippen molar-refractivity contribution in [3.63, 3.8) is 0 Å². The first-order valence-corrected chi connectivity index (χ1v) is 7.21. The van der Waals surface area contributed by atoms with Gasteiger partial charge in [0.25, 0.3) is 0 Å². The zero-order chi connectivity index (χ0) is 15.4. The maximum absolute atomic E-state index is 11.7. The smallest absolute Gasteiger partial charge is 0.344 e. The molecule has 0 saturated heterocycles. The second-order valence-corrected chi connectivity index (χ2v) is 5.18. The molecule has 4 heteroatoms. The number of hydrogen-bond donors (Lipinski definition) is 0. The molecule has 4 nitrogen and oxygen atoms in total. The van der Waals surface area contributed by atoms with E-state index in [0.29, 0.717) is 17.7 Å². The average molecular weight is 296 g/mol. The second kappa shape index (κ2) is 6.43. The van der Waals surface area contributed by atoms with Gasteiger partial charge in [0.1, 0.15) is 12.4 Å². The number of carbonyl (C=O) groups is 2. The standard InChI is InChI=1S/C18H16O4/c19-17-9-7-14-6-8-15(10-16(14)17)21-12-18(20)22-11-13-4-2-1-3-5-13/h1-6,8,10H,7,9,11-12H2. The molecular formula is C18H16O4. The third-order valence-corrected chi connectivity index (χ3v) is 3.60. The minimum Gasteiger partial charge on any atom is -0.482 e. The van der Waals surface area contributed by atoms with Crippen LogP contribution in [0.4, 0.5) is 0 Å². The van der Waals surface area contributed by atoms with Crippen molar-refractivity contribution in [2.45, 2.75) is 19.4 Å². The first-order valence-electron chi connectivity index (χ1n) is 7.21. The number of fused-ring (bicyclic) bond motifs is 1. The van der Waals surface area contributed by atoms with E-state index in [-0.39, 0.29) is 19.0 Å². The molecule has 112 valence electrons. The summed E-state index contributed by atoms with van der Waals surface area (Å²) in [7, 11) is 0. The quantitative estimate of drug-likeness (QED) is 0.796. The third kappa shape index (κ3) is 3.34. The molecule has 0 aromatic heterocycles. The Kier molecular flexibility index (Phi) is 4.19. The number of benzene rings is 2. The molecule has 1 aliphatic carbocycles. The van der Waals surface area contributed by atoms with Crippen molar-refractivity contribution in [1.29, 1.82) is 0 Å². The number of ether oxygens (including phenoxy) is 2. The van der Waals surface area contributed by atoms with Crippen LogP contribution in [0.2, 0.25) is 0 Å². The molecule has 0 heterocycles. The summed E-state index contributed by atoms with van der Waals surface area (Å²) in [6.07, 6.45) is 1.34. The fraction of sp³-hybridized carbons (Fsp3) is 0.222. The van der Waals surface area contributed by atoms with Gasteiger partial charge in [-0.1, -0.05) is 36.4 Å². The number of esters is 1. The molecule has 0 amide bonds. The average Bonchev–Trinajstić information content (AvgIpc) is 2.93. The molecule has 1 aliphatic rings. The summed E-state index contributed by atoms with van der Waals surface area (Å²) in [4.78, 5) is 23.3. The Labute approximate surface area is 128 Å². The first kappa shape index (κ1) is 14.3. The number of rotatable bonds is 5. The lowest BCUT2D eigenvalue weighted by Gasteiger charge is -2.08. The number of ketones is 1. The van der Waals surface area contributed by atoms with Gasteiger partial charge in [0.15, 0.2) is 12.4 Å². The van der Waals surface area contributed by atoms with Crippen LogP contribution < -0.4 is 4.74 Å². The fourth-order valence-electron chi connectivity index (χ4n) is 2.43. The van der Waals surface area contributed by atoms with Gasteiger partial charge in [-0.3, -0.25) is 4.79 Å². The summed E-state index contributed by atoms with van der Waals surface area (Å²) in [5.41, 5.74) is 2.68. The van der Waals surface area contributed by atoms with Gasteiger partial charge in [0, 0.05) is 12.0 Å². The Bertz CT molecular complexity index is 691. The van der Waals surface area contributed by atoms with Crippen LogP contribution in [-0.4, -0.2) is 18.4 Å². The van der Waals surface area contributed by atoms with Gasteiger partial charge in [0.2, 0.25) is 0 Å². The second-order valence-electron chi connectivity index (χ2n) is 5.18. The minimum atomic E-state index is -0.435. The van der Waals surface area contributed by atoms with Gasteiger partial charge < -0.3 is 9.47 Å². The van der Waals surface area contributed by atoms with Gasteiger partial charge in [0.05, 0.1) is 0 Å². The lowest BCUT2D eigenvalue weighted by atomic mass is 10.1. The molecule has 0 radical (unpaired) electrons. The lowest BCUT2D eigenvalue weighted by Crippen LogP contribution is -2.14. The highest BCUT2D eigenvalue weighted by Gasteiger charge is 2.19. The number of hydrogen-bond acceptors (Lipinski definition) is 4. The largest absolute Gasteiger partial charge is 0.482 e. The van der Waals surface area contributed by atoms with Crippen molar-refractivity contribution in [3.8, 4) is 5.75 Å². The molecular weight excluding hydrogens is 280 g/mol. The highest BCUT2D eigenvalue weighted by atomic mass is 16.6. The molecule has 0 unspecified atom stereocenters. The van der Waals surface area contributed by atoms with Crippen LogP contribution in [-0.2, 0) is 22.6 Å². The molecule has 22 heavy (non-hydrogen) atoms. The van der Waals surface area contributed by atoms with Crippen LogP contribution in [0.3, 0.4) is 0 Å². The van der Waals surface area contributed by atoms with Gasteiger partial charge in [-0.05, 0) is 29.7 Å². The van der Waals surface area contributed by atoms with Gasteiger partial charge in [-0.2, -0.15) is 0 Å². The Morgan fingerprint density at radius 1 is 1.05 bits per heavy atom. The SMILES string of the molecule is O=C(COc1ccc2c(c1)C(=O)CC2)OCc1ccccc1. The summed E-state index contributed by atoms with van der Waals surface area (Å²) < 4.78 is 10.5.